The van der Waals surface area contributed by atoms with Crippen molar-refractivity contribution in [2.45, 2.75) is 39.0 Å². The molecule has 1 N–H and O–H groups in total. The van der Waals surface area contributed by atoms with Crippen molar-refractivity contribution >= 4 is 22.4 Å². The van der Waals surface area contributed by atoms with Gasteiger partial charge in [-0.15, -0.1) is 11.3 Å². The normalized spacial score (nSPS) is 17.3. The summed E-state index contributed by atoms with van der Waals surface area (Å²) in [7, 11) is 0. The minimum absolute atomic E-state index is 0.0259. The molecule has 5 heteroatoms. The molecule has 0 spiro atoms. The highest BCUT2D eigenvalue weighted by Gasteiger charge is 2.20. The van der Waals surface area contributed by atoms with Gasteiger partial charge in [0.1, 0.15) is 0 Å². The van der Waals surface area contributed by atoms with Crippen molar-refractivity contribution in [2.24, 2.45) is 5.92 Å². The number of nitrogens with one attached hydrogen (secondary N) is 1. The minimum Gasteiger partial charge on any atom is -0.302 e. The first-order valence-corrected chi connectivity index (χ1v) is 8.19. The first-order chi connectivity index (χ1) is 10.2. The molecule has 0 radical (unpaired) electrons. The predicted octanol–water partition coefficient (Wildman–Crippen LogP) is 3.23. The molecule has 0 fully saturated rings. The smallest absolute Gasteiger partial charge is 0.226 e. The van der Waals surface area contributed by atoms with E-state index in [1.54, 1.807) is 23.7 Å². The lowest BCUT2D eigenvalue weighted by atomic mass is 9.93. The summed E-state index contributed by atoms with van der Waals surface area (Å²) in [5, 5.41) is 3.69. The van der Waals surface area contributed by atoms with E-state index in [0.717, 1.165) is 29.5 Å². The number of hydrogen-bond acceptors (Lipinski definition) is 4. The summed E-state index contributed by atoms with van der Waals surface area (Å²) in [5.74, 6) is 0.755. The molecule has 110 valence electrons. The van der Waals surface area contributed by atoms with Crippen LogP contribution < -0.4 is 5.32 Å². The second-order valence-corrected chi connectivity index (χ2v) is 6.73. The molecule has 1 aliphatic carbocycles. The van der Waals surface area contributed by atoms with Gasteiger partial charge in [-0.05, 0) is 43.2 Å². The number of thiazole rings is 1. The SMILES string of the molecule is CC1CCc2nc(NC(=O)CCc3cccnc3)sc2C1. The van der Waals surface area contributed by atoms with E-state index in [1.165, 1.54) is 17.0 Å². The van der Waals surface area contributed by atoms with Crippen LogP contribution >= 0.6 is 11.3 Å². The van der Waals surface area contributed by atoms with Crippen molar-refractivity contribution in [3.05, 3.63) is 40.7 Å². The maximum atomic E-state index is 12.0. The van der Waals surface area contributed by atoms with Crippen LogP contribution in [0.5, 0.6) is 0 Å². The molecule has 1 amide bonds. The largest absolute Gasteiger partial charge is 0.302 e. The summed E-state index contributed by atoms with van der Waals surface area (Å²) in [6, 6.07) is 3.88. The van der Waals surface area contributed by atoms with Crippen LogP contribution in [0.3, 0.4) is 0 Å². The van der Waals surface area contributed by atoms with Crippen LogP contribution in [-0.4, -0.2) is 15.9 Å². The third-order valence-electron chi connectivity index (χ3n) is 3.80. The molecule has 2 heterocycles. The van der Waals surface area contributed by atoms with Crippen molar-refractivity contribution < 1.29 is 4.79 Å². The molecule has 4 nitrogen and oxygen atoms in total. The highest BCUT2D eigenvalue weighted by atomic mass is 32.1. The van der Waals surface area contributed by atoms with Crippen LogP contribution in [0.2, 0.25) is 0 Å². The topological polar surface area (TPSA) is 54.9 Å². The average molecular weight is 301 g/mol. The van der Waals surface area contributed by atoms with E-state index in [0.29, 0.717) is 12.8 Å². The van der Waals surface area contributed by atoms with Gasteiger partial charge >= 0.3 is 0 Å². The summed E-state index contributed by atoms with van der Waals surface area (Å²) in [6.45, 7) is 2.27. The second kappa shape index (κ2) is 6.35. The van der Waals surface area contributed by atoms with E-state index in [9.17, 15) is 4.79 Å². The number of anilines is 1. The Bertz CT molecular complexity index is 624. The highest BCUT2D eigenvalue weighted by Crippen LogP contribution is 2.32. The molecule has 0 bridgehead atoms. The van der Waals surface area contributed by atoms with Crippen molar-refractivity contribution in [3.8, 4) is 0 Å². The molecule has 2 aromatic heterocycles. The van der Waals surface area contributed by atoms with Crippen molar-refractivity contribution in [1.29, 1.82) is 0 Å². The standard InChI is InChI=1S/C16H19N3OS/c1-11-4-6-13-14(9-11)21-16(18-13)19-15(20)7-5-12-3-2-8-17-10-12/h2-3,8,10-11H,4-7,9H2,1H3,(H,18,19,20). The maximum absolute atomic E-state index is 12.0. The number of fused-ring (bicyclic) bond motifs is 1. The van der Waals surface area contributed by atoms with E-state index in [1.807, 2.05) is 12.1 Å². The molecule has 2 aromatic rings. The van der Waals surface area contributed by atoms with Gasteiger partial charge in [0.25, 0.3) is 0 Å². The molecule has 0 saturated heterocycles. The number of hydrogen-bond donors (Lipinski definition) is 1. The fourth-order valence-corrected chi connectivity index (χ4v) is 3.77. The lowest BCUT2D eigenvalue weighted by molar-refractivity contribution is -0.116. The molecular weight excluding hydrogens is 282 g/mol. The number of aryl methyl sites for hydroxylation is 2. The van der Waals surface area contributed by atoms with Crippen LogP contribution in [0.15, 0.2) is 24.5 Å². The molecular formula is C16H19N3OS. The zero-order valence-electron chi connectivity index (χ0n) is 12.1. The van der Waals surface area contributed by atoms with Crippen molar-refractivity contribution in [1.82, 2.24) is 9.97 Å². The Labute approximate surface area is 128 Å². The summed E-state index contributed by atoms with van der Waals surface area (Å²) < 4.78 is 0. The third-order valence-corrected chi connectivity index (χ3v) is 4.83. The fourth-order valence-electron chi connectivity index (χ4n) is 2.58. The summed E-state index contributed by atoms with van der Waals surface area (Å²) in [5.41, 5.74) is 2.26. The Hall–Kier alpha value is -1.75. The first-order valence-electron chi connectivity index (χ1n) is 7.38. The molecule has 3 rings (SSSR count). The minimum atomic E-state index is 0.0259. The Morgan fingerprint density at radius 3 is 3.24 bits per heavy atom. The zero-order valence-corrected chi connectivity index (χ0v) is 12.9. The van der Waals surface area contributed by atoms with E-state index in [-0.39, 0.29) is 5.91 Å². The monoisotopic (exact) mass is 301 g/mol. The van der Waals surface area contributed by atoms with Gasteiger partial charge < -0.3 is 5.32 Å². The Kier molecular flexibility index (Phi) is 4.29. The Balaban J connectivity index is 1.55. The van der Waals surface area contributed by atoms with Crippen molar-refractivity contribution in [3.63, 3.8) is 0 Å². The molecule has 1 aliphatic rings. The lowest BCUT2D eigenvalue weighted by Crippen LogP contribution is -2.12. The number of carbonyl (C=O) groups is 1. The van der Waals surface area contributed by atoms with E-state index >= 15 is 0 Å². The number of rotatable bonds is 4. The molecule has 21 heavy (non-hydrogen) atoms. The number of nitrogens with zero attached hydrogens (tertiary/aromatic N) is 2. The zero-order chi connectivity index (χ0) is 14.7. The van der Waals surface area contributed by atoms with Gasteiger partial charge in [0.15, 0.2) is 5.13 Å². The quantitative estimate of drug-likeness (QED) is 0.943. The molecule has 0 aliphatic heterocycles. The number of carbonyl (C=O) groups excluding carboxylic acids is 1. The average Bonchev–Trinajstić information content (AvgIpc) is 2.87. The maximum Gasteiger partial charge on any atom is 0.226 e. The van der Waals surface area contributed by atoms with E-state index in [4.69, 9.17) is 0 Å². The fraction of sp³-hybridized carbons (Fsp3) is 0.438. The number of amides is 1. The van der Waals surface area contributed by atoms with E-state index in [2.05, 4.69) is 22.2 Å². The van der Waals surface area contributed by atoms with Gasteiger partial charge in [-0.2, -0.15) is 0 Å². The summed E-state index contributed by atoms with van der Waals surface area (Å²) >= 11 is 1.63. The summed E-state index contributed by atoms with van der Waals surface area (Å²) in [6.07, 6.45) is 8.05. The second-order valence-electron chi connectivity index (χ2n) is 5.65. The predicted molar refractivity (Wildman–Crippen MR) is 84.5 cm³/mol. The van der Waals surface area contributed by atoms with Gasteiger partial charge in [-0.3, -0.25) is 9.78 Å². The van der Waals surface area contributed by atoms with Crippen LogP contribution in [0, 0.1) is 5.92 Å². The molecule has 0 aromatic carbocycles. The highest BCUT2D eigenvalue weighted by molar-refractivity contribution is 7.15. The lowest BCUT2D eigenvalue weighted by Gasteiger charge is -2.15. The Morgan fingerprint density at radius 1 is 1.52 bits per heavy atom. The van der Waals surface area contributed by atoms with Crippen LogP contribution in [0.1, 0.15) is 35.9 Å². The van der Waals surface area contributed by atoms with Gasteiger partial charge in [-0.1, -0.05) is 13.0 Å². The number of pyridine rings is 1. The molecule has 0 saturated carbocycles. The first kappa shape index (κ1) is 14.2. The Morgan fingerprint density at radius 2 is 2.43 bits per heavy atom. The van der Waals surface area contributed by atoms with Crippen LogP contribution in [0.4, 0.5) is 5.13 Å². The van der Waals surface area contributed by atoms with E-state index < -0.39 is 0 Å². The van der Waals surface area contributed by atoms with Gasteiger partial charge in [0, 0.05) is 23.7 Å². The molecule has 1 unspecified atom stereocenters. The molecule has 1 atom stereocenters. The summed E-state index contributed by atoms with van der Waals surface area (Å²) in [4.78, 5) is 22.0. The van der Waals surface area contributed by atoms with Gasteiger partial charge in [0.05, 0.1) is 5.69 Å². The van der Waals surface area contributed by atoms with Crippen LogP contribution in [-0.2, 0) is 24.1 Å². The number of aromatic nitrogens is 2. The van der Waals surface area contributed by atoms with Gasteiger partial charge in [-0.25, -0.2) is 4.98 Å². The van der Waals surface area contributed by atoms with Crippen LogP contribution in [0.25, 0.3) is 0 Å². The van der Waals surface area contributed by atoms with Crippen molar-refractivity contribution in [2.75, 3.05) is 5.32 Å². The third kappa shape index (κ3) is 3.67. The van der Waals surface area contributed by atoms with Gasteiger partial charge in [0.2, 0.25) is 5.91 Å².